The third-order valence-electron chi connectivity index (χ3n) is 7.37. The van der Waals surface area contributed by atoms with Gasteiger partial charge in [0.2, 0.25) is 0 Å². The lowest BCUT2D eigenvalue weighted by molar-refractivity contribution is 0.0985. The summed E-state index contributed by atoms with van der Waals surface area (Å²) in [6, 6.07) is 6.74. The monoisotopic (exact) mass is 630 g/mol. The van der Waals surface area contributed by atoms with Gasteiger partial charge in [-0.15, -0.1) is 0 Å². The van der Waals surface area contributed by atoms with Crippen molar-refractivity contribution in [2.24, 2.45) is 0 Å². The van der Waals surface area contributed by atoms with Crippen LogP contribution in [0.15, 0.2) is 30.5 Å². The van der Waals surface area contributed by atoms with Crippen LogP contribution in [0.4, 0.5) is 15.0 Å². The molecule has 2 aliphatic rings. The average Bonchev–Trinajstić information content (AvgIpc) is 1.91. The van der Waals surface area contributed by atoms with E-state index in [2.05, 4.69) is 27.2 Å². The summed E-state index contributed by atoms with van der Waals surface area (Å²) in [7, 11) is 0. The largest absolute Gasteiger partial charge is 0.377 e. The van der Waals surface area contributed by atoms with E-state index in [1.54, 1.807) is 11.1 Å². The number of nitrogens with zero attached hydrogens (tertiary/aromatic N) is 6. The second-order valence-corrected chi connectivity index (χ2v) is 9.92. The Morgan fingerprint density at radius 2 is 2.00 bits per heavy atom. The topological polar surface area (TPSA) is 104 Å². The minimum Gasteiger partial charge on any atom is -0.377 e. The first-order valence-corrected chi connectivity index (χ1v) is 13.0. The zero-order valence-corrected chi connectivity index (χ0v) is 21.8. The molecule has 5 heterocycles. The molecule has 254 valence electrons. The molecule has 1 atom stereocenters. The third kappa shape index (κ3) is 4.31. The molecular weight excluding hydrogens is 487 g/mol. The van der Waals surface area contributed by atoms with Crippen LogP contribution in [0.3, 0.4) is 0 Å². The number of aromatic amines is 1. The number of anilines is 1. The lowest BCUT2D eigenvalue weighted by atomic mass is 10.1. The minimum absolute atomic E-state index is 0. The second-order valence-electron chi connectivity index (χ2n) is 9.92. The van der Waals surface area contributed by atoms with Crippen LogP contribution in [0.2, 0.25) is 0 Å². The molecule has 10 nitrogen and oxygen atoms in total. The van der Waals surface area contributed by atoms with Gasteiger partial charge in [0, 0.05) is 149 Å². The number of halogens is 1. The molecule has 0 unspecified atom stereocenters. The molecular formula is C27H87FN8O2. The van der Waals surface area contributed by atoms with Crippen LogP contribution < -0.4 is 10.2 Å². The van der Waals surface area contributed by atoms with Gasteiger partial charge in [-0.2, -0.15) is 9.78 Å². The van der Waals surface area contributed by atoms with Crippen LogP contribution in [0.25, 0.3) is 33.5 Å². The number of rotatable bonds is 3. The summed E-state index contributed by atoms with van der Waals surface area (Å²) in [4.78, 5) is 30.2. The summed E-state index contributed by atoms with van der Waals surface area (Å²) in [6.07, 6.45) is 1.78. The number of piperazine rings is 1. The predicted octanol–water partition coefficient (Wildman–Crippen LogP) is 10.2. The maximum Gasteiger partial charge on any atom is 0.345 e. The van der Waals surface area contributed by atoms with Crippen molar-refractivity contribution in [2.45, 2.75) is 26.8 Å². The zero-order valence-electron chi connectivity index (χ0n) is 75.8. The molecule has 3 aromatic heterocycles. The van der Waals surface area contributed by atoms with Crippen molar-refractivity contribution in [3.63, 3.8) is 0 Å². The molecule has 1 amide bonds. The first-order chi connectivity index (χ1) is 45.4. The van der Waals surface area contributed by atoms with E-state index in [9.17, 15) is 9.18 Å². The molecule has 2 N–H and O–H groups in total. The summed E-state index contributed by atoms with van der Waals surface area (Å²) in [5.41, 5.74) is 4.11. The first kappa shape index (κ1) is 8.59. The van der Waals surface area contributed by atoms with E-state index in [0.29, 0.717) is 66.8 Å². The summed E-state index contributed by atoms with van der Waals surface area (Å²) >= 11 is 0. The van der Waals surface area contributed by atoms with Crippen LogP contribution >= 0.6 is 0 Å². The number of aromatic nitrogens is 5. The number of nitrogens with one attached hydrogen (secondary N) is 2. The van der Waals surface area contributed by atoms with Gasteiger partial charge in [0.05, 0.1) is 36.3 Å². The number of carbonyl (C=O) groups excluding carboxylic acids is 1. The Kier molecular flexibility index (Phi) is 2.22. The molecule has 1 aromatic carbocycles. The number of hydrogen-bond acceptors (Lipinski definition) is 7. The van der Waals surface area contributed by atoms with Crippen molar-refractivity contribution >= 4 is 22.8 Å². The van der Waals surface area contributed by atoms with Crippen LogP contribution in [0.5, 0.6) is 0 Å². The van der Waals surface area contributed by atoms with E-state index < -0.39 is 0 Å². The van der Waals surface area contributed by atoms with E-state index in [1.807, 2.05) is 26.0 Å². The lowest BCUT2D eigenvalue weighted by Gasteiger charge is -2.34. The highest BCUT2D eigenvalue weighted by Gasteiger charge is 2.27. The van der Waals surface area contributed by atoms with Crippen molar-refractivity contribution in [3.8, 4) is 22.6 Å². The Labute approximate surface area is 304 Å². The molecule has 4 aromatic rings. The Morgan fingerprint density at radius 3 is 2.79 bits per heavy atom. The number of hydrogen-bond donors (Lipinski definition) is 2. The summed E-state index contributed by atoms with van der Waals surface area (Å²) < 4.78 is 292. The van der Waals surface area contributed by atoms with Gasteiger partial charge in [0.15, 0.2) is 5.82 Å². The highest BCUT2D eigenvalue weighted by molar-refractivity contribution is 5.94. The average molecular weight is 630 g/mol. The van der Waals surface area contributed by atoms with Gasteiger partial charge in [0.25, 0.3) is 0 Å². The highest BCUT2D eigenvalue weighted by atomic mass is 19.1. The third-order valence-corrected chi connectivity index (χ3v) is 7.37. The molecule has 2 fully saturated rings. The molecule has 0 radical (unpaired) electrons. The smallest absolute Gasteiger partial charge is 0.345 e. The van der Waals surface area contributed by atoms with Crippen LogP contribution in [0.1, 0.15) is 99.9 Å². The molecule has 2 aliphatic heterocycles. The maximum atomic E-state index is 14.6. The number of morpholine rings is 1. The Bertz CT molecular complexity index is 1600. The number of aryl methyl sites for hydroxylation is 1. The van der Waals surface area contributed by atoms with Crippen molar-refractivity contribution in [3.05, 3.63) is 47.7 Å². The van der Waals surface area contributed by atoms with Crippen molar-refractivity contribution in [1.29, 1.82) is 0 Å². The van der Waals surface area contributed by atoms with Gasteiger partial charge in [-0.25, -0.2) is 19.2 Å². The number of benzene rings is 1. The van der Waals surface area contributed by atoms with Crippen LogP contribution in [0, 0.1) is 19.7 Å². The van der Waals surface area contributed by atoms with Crippen molar-refractivity contribution in [1.82, 2.24) is 34.9 Å². The molecule has 0 bridgehead atoms. The molecule has 0 saturated carbocycles. The Hall–Kier alpha value is -3.83. The fourth-order valence-corrected chi connectivity index (χ4v) is 5.40. The van der Waals surface area contributed by atoms with Crippen LogP contribution in [-0.4, -0.2) is 87.6 Å². The van der Waals surface area contributed by atoms with Gasteiger partial charge in [0.1, 0.15) is 11.6 Å². The molecule has 38 heavy (non-hydrogen) atoms. The van der Waals surface area contributed by atoms with Gasteiger partial charge in [-0.1, -0.05) is 0 Å². The Morgan fingerprint density at radius 1 is 1.18 bits per heavy atom. The first-order valence-electron chi connectivity index (χ1n) is 40.0. The summed E-state index contributed by atoms with van der Waals surface area (Å²) in [5, 5.41) is 8.73. The Balaban J connectivity index is -0.0000000360. The van der Waals surface area contributed by atoms with E-state index in [-0.39, 0.29) is 19.3 Å². The van der Waals surface area contributed by atoms with E-state index in [1.165, 1.54) is 16.8 Å². The van der Waals surface area contributed by atoms with Gasteiger partial charge in [-0.3, -0.25) is 0 Å². The predicted molar refractivity (Wildman–Crippen MR) is 202 cm³/mol. The van der Waals surface area contributed by atoms with Crippen molar-refractivity contribution in [2.75, 3.05) is 50.8 Å². The van der Waals surface area contributed by atoms with Crippen LogP contribution in [-0.2, 0) is 4.74 Å². The number of carbonyl (C=O) groups is 1. The molecule has 11 heteroatoms. The lowest BCUT2D eigenvalue weighted by Crippen LogP contribution is -2.48. The quantitative estimate of drug-likeness (QED) is 0.232. The highest BCUT2D eigenvalue weighted by Crippen LogP contribution is 2.34. The van der Waals surface area contributed by atoms with E-state index in [0.717, 1.165) is 29.9 Å². The maximum absolute atomic E-state index is 14.6. The van der Waals surface area contributed by atoms with Crippen molar-refractivity contribution < 1.29 is 95.5 Å². The SMILES string of the molecule is Cc1nn(C(=O)N2CCNCC2)c(C)c1-c1cc(N2CCOC[C@H]2C)nc(-c2cc(F)cc3[nH]ccc23)n1.[2HH].[2H][2H].[2H][2H].[2H][2H].[2H][2H].[2H][2H].[2H][2H].[2H][2H].[2H][2H].[2H][2H].[2H][2H].[2H][2H].[2H][2H].[2H][2H].[2H][2H].[2H][2H].[2H][2H].[2H][2H].[2H][2H].[2H][2H].[2H][2H].[2H][2H].[2H][2H].[2H][2H].[2H][2H].[2H][2H].[2H][2H].[2H][2H]. The minimum atomic E-state index is -0.368. The summed E-state index contributed by atoms with van der Waals surface area (Å²) in [6.45, 7) is 10.5. The molecule has 6 rings (SSSR count). The second kappa shape index (κ2) is 9.80. The van der Waals surface area contributed by atoms with E-state index >= 15 is 0 Å². The molecule has 0 aliphatic carbocycles. The fourth-order valence-electron chi connectivity index (χ4n) is 5.40. The standard InChI is InChI=1S/C27H31FN8O2.28H2/c1-16-15-38-11-10-35(16)24-14-23(31-26(32-24)21-12-19(28)13-22-20(21)4-5-30-22)25-17(2)33-36(18(25)3)27(37)34-8-6-29-7-9-34;;;;;;;;;;;;;;;;;;;;;;;;;;;;/h4-5,12-14,16,29-30H,6-11,15H2,1-3H3;28*1H/t16-;;;;;;;;;;;;;;;;;;;;;;;;;;;;/m1............................/s1/i;27*1+1D;1+1. The number of ether oxygens (including phenoxy) is 1. The van der Waals surface area contributed by atoms with Gasteiger partial charge >= 0.3 is 6.03 Å². The fraction of sp³-hybridized carbons (Fsp3) is 0.407. The molecule has 0 spiro atoms. The number of amides is 1. The molecule has 2 saturated heterocycles. The summed E-state index contributed by atoms with van der Waals surface area (Å²) in [5.74, 6) is 0.779. The zero-order chi connectivity index (χ0) is 80.4. The number of H-pyrrole nitrogens is 1. The number of fused-ring (bicyclic) bond motifs is 1. The van der Waals surface area contributed by atoms with E-state index in [4.69, 9.17) is 94.9 Å². The normalized spacial score (nSPS) is 24.1. The van der Waals surface area contributed by atoms with Gasteiger partial charge in [-0.05, 0) is 39.0 Å². The van der Waals surface area contributed by atoms with Gasteiger partial charge < -0.3 is 24.8 Å².